The predicted octanol–water partition coefficient (Wildman–Crippen LogP) is 3.39. The average Bonchev–Trinajstić information content (AvgIpc) is 2.37. The van der Waals surface area contributed by atoms with Gasteiger partial charge in [-0.15, -0.1) is 12.4 Å². The molecule has 4 bridgehead atoms. The van der Waals surface area contributed by atoms with Gasteiger partial charge in [-0.3, -0.25) is 4.79 Å². The highest BCUT2D eigenvalue weighted by molar-refractivity contribution is 5.95. The van der Waals surface area contributed by atoms with Gasteiger partial charge in [-0.25, -0.2) is 0 Å². The molecule has 0 heterocycles. The van der Waals surface area contributed by atoms with E-state index in [1.54, 1.807) is 12.1 Å². The molecule has 4 aliphatic rings. The summed E-state index contributed by atoms with van der Waals surface area (Å²) in [4.78, 5) is 12.5. The Kier molecular flexibility index (Phi) is 3.64. The number of benzene rings is 1. The molecule has 0 atom stereocenters. The van der Waals surface area contributed by atoms with Gasteiger partial charge in [0.1, 0.15) is 0 Å². The quantitative estimate of drug-likeness (QED) is 0.823. The molecular weight excluding hydrogens is 284 g/mol. The molecule has 1 aromatic rings. The number of nitrogen functional groups attached to an aromatic ring is 1. The maximum absolute atomic E-state index is 12.5. The summed E-state index contributed by atoms with van der Waals surface area (Å²) in [5, 5.41) is 3.38. The predicted molar refractivity (Wildman–Crippen MR) is 86.5 cm³/mol. The standard InChI is InChI=1S/C17H22N2O.ClH/c18-15-3-1-14(2-4-15)16(20)19-17-8-11-5-12(9-17)7-13(6-11)10-17;/h1-4,11-13H,5-10,18H2,(H,19,20);1H. The second-order valence-corrected chi connectivity index (χ2v) is 7.27. The summed E-state index contributed by atoms with van der Waals surface area (Å²) in [7, 11) is 0. The third-order valence-electron chi connectivity index (χ3n) is 5.59. The average molecular weight is 307 g/mol. The van der Waals surface area contributed by atoms with Crippen LogP contribution in [0.5, 0.6) is 0 Å². The van der Waals surface area contributed by atoms with Crippen LogP contribution in [0.4, 0.5) is 5.69 Å². The number of amides is 1. The number of nitrogens with two attached hydrogens (primary N) is 1. The van der Waals surface area contributed by atoms with Crippen LogP contribution in [0, 0.1) is 17.8 Å². The number of nitrogens with one attached hydrogen (secondary N) is 1. The molecule has 0 spiro atoms. The minimum atomic E-state index is 0. The van der Waals surface area contributed by atoms with E-state index >= 15 is 0 Å². The minimum absolute atomic E-state index is 0. The molecule has 4 saturated carbocycles. The van der Waals surface area contributed by atoms with E-state index in [0.29, 0.717) is 5.69 Å². The Bertz CT molecular complexity index is 505. The second kappa shape index (κ2) is 5.20. The lowest BCUT2D eigenvalue weighted by Gasteiger charge is -2.56. The van der Waals surface area contributed by atoms with Crippen molar-refractivity contribution in [3.05, 3.63) is 29.8 Å². The fourth-order valence-electron chi connectivity index (χ4n) is 5.21. The Morgan fingerprint density at radius 3 is 1.95 bits per heavy atom. The van der Waals surface area contributed by atoms with Crippen LogP contribution in [-0.4, -0.2) is 11.4 Å². The molecule has 0 aromatic heterocycles. The van der Waals surface area contributed by atoms with Gasteiger partial charge in [0.25, 0.3) is 5.91 Å². The van der Waals surface area contributed by atoms with Crippen LogP contribution in [0.2, 0.25) is 0 Å². The lowest BCUT2D eigenvalue weighted by atomic mass is 9.53. The first-order valence-corrected chi connectivity index (χ1v) is 7.80. The molecule has 4 fully saturated rings. The normalized spacial score (nSPS) is 36.1. The molecule has 3 nitrogen and oxygen atoms in total. The van der Waals surface area contributed by atoms with Gasteiger partial charge < -0.3 is 11.1 Å². The Balaban J connectivity index is 0.00000132. The van der Waals surface area contributed by atoms with Crippen LogP contribution < -0.4 is 11.1 Å². The summed E-state index contributed by atoms with van der Waals surface area (Å²) >= 11 is 0. The van der Waals surface area contributed by atoms with Crippen LogP contribution in [0.1, 0.15) is 48.9 Å². The lowest BCUT2D eigenvalue weighted by molar-refractivity contribution is -0.0167. The molecule has 1 aromatic carbocycles. The summed E-state index contributed by atoms with van der Waals surface area (Å²) in [6.07, 6.45) is 7.78. The maximum Gasteiger partial charge on any atom is 0.251 e. The maximum atomic E-state index is 12.5. The van der Waals surface area contributed by atoms with Crippen molar-refractivity contribution in [3.63, 3.8) is 0 Å². The van der Waals surface area contributed by atoms with Gasteiger partial charge in [0, 0.05) is 16.8 Å². The SMILES string of the molecule is Cl.Nc1ccc(C(=O)NC23CC4CC(CC(C4)C2)C3)cc1. The van der Waals surface area contributed by atoms with Gasteiger partial charge in [-0.2, -0.15) is 0 Å². The van der Waals surface area contributed by atoms with Crippen molar-refractivity contribution in [2.45, 2.75) is 44.1 Å². The van der Waals surface area contributed by atoms with Crippen molar-refractivity contribution in [2.24, 2.45) is 17.8 Å². The largest absolute Gasteiger partial charge is 0.399 e. The molecule has 4 aliphatic carbocycles. The van der Waals surface area contributed by atoms with E-state index < -0.39 is 0 Å². The second-order valence-electron chi connectivity index (χ2n) is 7.27. The summed E-state index contributed by atoms with van der Waals surface area (Å²) < 4.78 is 0. The minimum Gasteiger partial charge on any atom is -0.399 e. The molecular formula is C17H23ClN2O. The van der Waals surface area contributed by atoms with E-state index in [2.05, 4.69) is 5.32 Å². The fourth-order valence-corrected chi connectivity index (χ4v) is 5.21. The Morgan fingerprint density at radius 2 is 1.48 bits per heavy atom. The Hall–Kier alpha value is -1.22. The topological polar surface area (TPSA) is 55.1 Å². The first-order valence-electron chi connectivity index (χ1n) is 7.80. The number of halogens is 1. The summed E-state index contributed by atoms with van der Waals surface area (Å²) in [5.41, 5.74) is 7.21. The lowest BCUT2D eigenvalue weighted by Crippen LogP contribution is -2.59. The van der Waals surface area contributed by atoms with E-state index in [1.165, 1.54) is 38.5 Å². The van der Waals surface area contributed by atoms with Crippen molar-refractivity contribution in [2.75, 3.05) is 5.73 Å². The number of carbonyl (C=O) groups excluding carboxylic acids is 1. The van der Waals surface area contributed by atoms with Crippen molar-refractivity contribution in [1.82, 2.24) is 5.32 Å². The van der Waals surface area contributed by atoms with Crippen LogP contribution in [-0.2, 0) is 0 Å². The molecule has 3 N–H and O–H groups in total. The number of hydrogen-bond acceptors (Lipinski definition) is 2. The van der Waals surface area contributed by atoms with Gasteiger partial charge in [-0.05, 0) is 80.5 Å². The number of rotatable bonds is 2. The molecule has 1 amide bonds. The zero-order chi connectivity index (χ0) is 13.7. The van der Waals surface area contributed by atoms with Crippen molar-refractivity contribution >= 4 is 24.0 Å². The number of carbonyl (C=O) groups is 1. The third-order valence-corrected chi connectivity index (χ3v) is 5.59. The summed E-state index contributed by atoms with van der Waals surface area (Å²) in [6.45, 7) is 0. The molecule has 0 radical (unpaired) electrons. The first-order chi connectivity index (χ1) is 9.62. The Labute approximate surface area is 132 Å². The van der Waals surface area contributed by atoms with Gasteiger partial charge in [0.05, 0.1) is 0 Å². The molecule has 114 valence electrons. The first kappa shape index (κ1) is 14.7. The summed E-state index contributed by atoms with van der Waals surface area (Å²) in [5.74, 6) is 2.64. The van der Waals surface area contributed by atoms with Gasteiger partial charge in [-0.1, -0.05) is 0 Å². The van der Waals surface area contributed by atoms with E-state index in [0.717, 1.165) is 23.3 Å². The molecule has 0 unspecified atom stereocenters. The number of hydrogen-bond donors (Lipinski definition) is 2. The van der Waals surface area contributed by atoms with Crippen LogP contribution in [0.15, 0.2) is 24.3 Å². The van der Waals surface area contributed by atoms with Crippen molar-refractivity contribution < 1.29 is 4.79 Å². The molecule has 4 heteroatoms. The molecule has 0 saturated heterocycles. The highest BCUT2D eigenvalue weighted by Crippen LogP contribution is 2.55. The van der Waals surface area contributed by atoms with Crippen LogP contribution in [0.25, 0.3) is 0 Å². The zero-order valence-electron chi connectivity index (χ0n) is 12.2. The highest BCUT2D eigenvalue weighted by atomic mass is 35.5. The number of anilines is 1. The fraction of sp³-hybridized carbons (Fsp3) is 0.588. The highest BCUT2D eigenvalue weighted by Gasteiger charge is 2.51. The van der Waals surface area contributed by atoms with E-state index in [-0.39, 0.29) is 23.9 Å². The molecule has 0 aliphatic heterocycles. The van der Waals surface area contributed by atoms with E-state index in [9.17, 15) is 4.79 Å². The van der Waals surface area contributed by atoms with Gasteiger partial charge in [0.2, 0.25) is 0 Å². The Morgan fingerprint density at radius 1 is 1.00 bits per heavy atom. The van der Waals surface area contributed by atoms with Gasteiger partial charge in [0.15, 0.2) is 0 Å². The molecule has 5 rings (SSSR count). The zero-order valence-corrected chi connectivity index (χ0v) is 13.0. The van der Waals surface area contributed by atoms with Crippen molar-refractivity contribution in [3.8, 4) is 0 Å². The smallest absolute Gasteiger partial charge is 0.251 e. The summed E-state index contributed by atoms with van der Waals surface area (Å²) in [6, 6.07) is 7.25. The molecule has 21 heavy (non-hydrogen) atoms. The van der Waals surface area contributed by atoms with Gasteiger partial charge >= 0.3 is 0 Å². The van der Waals surface area contributed by atoms with E-state index in [4.69, 9.17) is 5.73 Å². The van der Waals surface area contributed by atoms with Crippen LogP contribution >= 0.6 is 12.4 Å². The van der Waals surface area contributed by atoms with E-state index in [1.807, 2.05) is 12.1 Å². The van der Waals surface area contributed by atoms with Crippen molar-refractivity contribution in [1.29, 1.82) is 0 Å². The monoisotopic (exact) mass is 306 g/mol. The van der Waals surface area contributed by atoms with Crippen LogP contribution in [0.3, 0.4) is 0 Å². The third kappa shape index (κ3) is 2.64.